The fourth-order valence-electron chi connectivity index (χ4n) is 10.2. The summed E-state index contributed by atoms with van der Waals surface area (Å²) >= 11 is 1.86. The molecule has 0 fully saturated rings. The van der Waals surface area contributed by atoms with E-state index in [2.05, 4.69) is 254 Å². The Balaban J connectivity index is 0.983. The summed E-state index contributed by atoms with van der Waals surface area (Å²) in [6.07, 6.45) is 0. The van der Waals surface area contributed by atoms with Gasteiger partial charge in [-0.2, -0.15) is 0 Å². The molecule has 12 aromatic carbocycles. The summed E-state index contributed by atoms with van der Waals surface area (Å²) in [5, 5.41) is 12.7. The van der Waals surface area contributed by atoms with Crippen molar-refractivity contribution in [1.82, 2.24) is 0 Å². The first-order valence-electron chi connectivity index (χ1n) is 22.6. The highest BCUT2D eigenvalue weighted by molar-refractivity contribution is 7.25. The van der Waals surface area contributed by atoms with E-state index in [4.69, 9.17) is 0 Å². The Morgan fingerprint density at radius 2 is 0.758 bits per heavy atom. The molecule has 0 bridgehead atoms. The van der Waals surface area contributed by atoms with Gasteiger partial charge in [0.2, 0.25) is 0 Å². The minimum Gasteiger partial charge on any atom is -0.310 e. The number of nitrogens with zero attached hydrogens (tertiary/aromatic N) is 1. The second-order valence-electron chi connectivity index (χ2n) is 17.2. The zero-order chi connectivity index (χ0) is 43.6. The van der Waals surface area contributed by atoms with Crippen LogP contribution in [0.1, 0.15) is 0 Å². The third-order valence-corrected chi connectivity index (χ3v) is 14.6. The van der Waals surface area contributed by atoms with Gasteiger partial charge in [-0.3, -0.25) is 0 Å². The van der Waals surface area contributed by atoms with Crippen molar-refractivity contribution in [3.63, 3.8) is 0 Å². The maximum absolute atomic E-state index is 2.45. The first-order valence-corrected chi connectivity index (χ1v) is 23.5. The molecule has 0 aliphatic carbocycles. The van der Waals surface area contributed by atoms with Crippen molar-refractivity contribution in [3.05, 3.63) is 249 Å². The Labute approximate surface area is 387 Å². The highest BCUT2D eigenvalue weighted by atomic mass is 32.1. The third kappa shape index (κ3) is 6.53. The standard InChI is InChI=1S/C64H41NS/c1-2-12-44(13-3-1)56-36-29-50(60-40-48-15-5-7-17-54(48)57-18-8-9-19-58(57)60)41-62(56)65(52-33-26-43(27-34-52)47-30-37-64-61(39-47)59-20-10-11-21-63(59)66-64)51-31-24-42(25-32-51)46-28-35-55-49(38-46)23-22-45-14-4-6-16-53(45)55/h1-41H. The monoisotopic (exact) mass is 855 g/mol. The molecule has 0 saturated heterocycles. The summed E-state index contributed by atoms with van der Waals surface area (Å²) in [5.41, 5.74) is 12.8. The van der Waals surface area contributed by atoms with Crippen LogP contribution in [0.5, 0.6) is 0 Å². The van der Waals surface area contributed by atoms with Crippen LogP contribution >= 0.6 is 11.3 Å². The molecule has 0 saturated carbocycles. The van der Waals surface area contributed by atoms with Gasteiger partial charge in [-0.15, -0.1) is 11.3 Å². The fraction of sp³-hybridized carbons (Fsp3) is 0. The lowest BCUT2D eigenvalue weighted by molar-refractivity contribution is 1.28. The van der Waals surface area contributed by atoms with Gasteiger partial charge in [-0.05, 0) is 143 Å². The summed E-state index contributed by atoms with van der Waals surface area (Å²) in [5.74, 6) is 0. The lowest BCUT2D eigenvalue weighted by Crippen LogP contribution is -2.11. The molecule has 0 amide bonds. The van der Waals surface area contributed by atoms with E-state index in [1.807, 2.05) is 11.3 Å². The Hall–Kier alpha value is -8.30. The first-order chi connectivity index (χ1) is 32.7. The molecular formula is C64H41NS. The number of anilines is 3. The van der Waals surface area contributed by atoms with Gasteiger partial charge in [0, 0.05) is 37.1 Å². The molecule has 1 heterocycles. The summed E-state index contributed by atoms with van der Waals surface area (Å²) in [6, 6.07) is 91.7. The second-order valence-corrected chi connectivity index (χ2v) is 18.3. The van der Waals surface area contributed by atoms with Crippen LogP contribution in [-0.2, 0) is 0 Å². The number of fused-ring (bicyclic) bond motifs is 9. The van der Waals surface area contributed by atoms with E-state index >= 15 is 0 Å². The van der Waals surface area contributed by atoms with Gasteiger partial charge in [0.1, 0.15) is 0 Å². The SMILES string of the molecule is c1ccc(-c2ccc(-c3cc4ccccc4c4ccccc34)cc2N(c2ccc(-c3ccc4c(ccc5ccccc54)c3)cc2)c2ccc(-c3ccc4sc5ccccc5c4c3)cc2)cc1. The van der Waals surface area contributed by atoms with Crippen molar-refractivity contribution in [2.24, 2.45) is 0 Å². The van der Waals surface area contributed by atoms with Crippen LogP contribution in [0.4, 0.5) is 17.1 Å². The van der Waals surface area contributed by atoms with Gasteiger partial charge < -0.3 is 4.90 Å². The van der Waals surface area contributed by atoms with Crippen molar-refractivity contribution in [2.75, 3.05) is 4.90 Å². The molecule has 0 N–H and O–H groups in total. The number of hydrogen-bond acceptors (Lipinski definition) is 2. The van der Waals surface area contributed by atoms with E-state index in [1.165, 1.54) is 102 Å². The van der Waals surface area contributed by atoms with Crippen LogP contribution in [0.3, 0.4) is 0 Å². The Kier molecular flexibility index (Phi) is 9.11. The van der Waals surface area contributed by atoms with Crippen LogP contribution in [0.25, 0.3) is 108 Å². The molecule has 0 atom stereocenters. The van der Waals surface area contributed by atoms with Gasteiger partial charge in [0.15, 0.2) is 0 Å². The summed E-state index contributed by atoms with van der Waals surface area (Å²) in [4.78, 5) is 2.45. The summed E-state index contributed by atoms with van der Waals surface area (Å²) in [6.45, 7) is 0. The predicted molar refractivity (Wildman–Crippen MR) is 286 cm³/mol. The quantitative estimate of drug-likeness (QED) is 0.144. The zero-order valence-electron chi connectivity index (χ0n) is 36.0. The fourth-order valence-corrected chi connectivity index (χ4v) is 11.3. The lowest BCUT2D eigenvalue weighted by Gasteiger charge is -2.29. The minimum absolute atomic E-state index is 1.09. The zero-order valence-corrected chi connectivity index (χ0v) is 36.8. The molecule has 0 radical (unpaired) electrons. The Bertz CT molecular complexity index is 3980. The highest BCUT2D eigenvalue weighted by Crippen LogP contribution is 2.46. The number of benzene rings is 12. The first kappa shape index (κ1) is 38.2. The normalized spacial score (nSPS) is 11.6. The maximum Gasteiger partial charge on any atom is 0.0546 e. The van der Waals surface area contributed by atoms with Crippen molar-refractivity contribution >= 4 is 91.7 Å². The molecular weight excluding hydrogens is 815 g/mol. The van der Waals surface area contributed by atoms with Crippen molar-refractivity contribution in [3.8, 4) is 44.5 Å². The molecule has 0 unspecified atom stereocenters. The molecule has 13 rings (SSSR count). The number of rotatable bonds is 7. The largest absolute Gasteiger partial charge is 0.310 e. The van der Waals surface area contributed by atoms with Crippen LogP contribution in [-0.4, -0.2) is 0 Å². The maximum atomic E-state index is 2.45. The lowest BCUT2D eigenvalue weighted by atomic mass is 9.91. The summed E-state index contributed by atoms with van der Waals surface area (Å²) in [7, 11) is 0. The van der Waals surface area contributed by atoms with Gasteiger partial charge >= 0.3 is 0 Å². The van der Waals surface area contributed by atoms with Crippen molar-refractivity contribution < 1.29 is 0 Å². The van der Waals surface area contributed by atoms with Gasteiger partial charge in [-0.25, -0.2) is 0 Å². The molecule has 1 aromatic heterocycles. The molecule has 66 heavy (non-hydrogen) atoms. The van der Waals surface area contributed by atoms with E-state index in [1.54, 1.807) is 0 Å². The van der Waals surface area contributed by atoms with Crippen LogP contribution in [0.15, 0.2) is 249 Å². The molecule has 0 spiro atoms. The van der Waals surface area contributed by atoms with E-state index < -0.39 is 0 Å². The van der Waals surface area contributed by atoms with Crippen LogP contribution in [0.2, 0.25) is 0 Å². The summed E-state index contributed by atoms with van der Waals surface area (Å²) < 4.78 is 2.64. The minimum atomic E-state index is 1.09. The van der Waals surface area contributed by atoms with E-state index in [9.17, 15) is 0 Å². The Morgan fingerprint density at radius 1 is 0.242 bits per heavy atom. The van der Waals surface area contributed by atoms with E-state index in [-0.39, 0.29) is 0 Å². The average Bonchev–Trinajstić information content (AvgIpc) is 3.77. The highest BCUT2D eigenvalue weighted by Gasteiger charge is 2.20. The van der Waals surface area contributed by atoms with Gasteiger partial charge in [0.25, 0.3) is 0 Å². The van der Waals surface area contributed by atoms with Crippen molar-refractivity contribution in [1.29, 1.82) is 0 Å². The predicted octanol–water partition coefficient (Wildman–Crippen LogP) is 18.8. The second kappa shape index (κ2) is 15.7. The molecule has 13 aromatic rings. The van der Waals surface area contributed by atoms with Gasteiger partial charge in [-0.1, -0.05) is 188 Å². The molecule has 0 aliphatic rings. The third-order valence-electron chi connectivity index (χ3n) is 13.4. The van der Waals surface area contributed by atoms with Crippen LogP contribution in [0, 0.1) is 0 Å². The molecule has 1 nitrogen and oxygen atoms in total. The molecule has 308 valence electrons. The number of thiophene rings is 1. The molecule has 2 heteroatoms. The van der Waals surface area contributed by atoms with Crippen molar-refractivity contribution in [2.45, 2.75) is 0 Å². The topological polar surface area (TPSA) is 3.24 Å². The number of hydrogen-bond donors (Lipinski definition) is 0. The molecule has 0 aliphatic heterocycles. The smallest absolute Gasteiger partial charge is 0.0546 e. The Morgan fingerprint density at radius 3 is 1.52 bits per heavy atom. The van der Waals surface area contributed by atoms with E-state index in [0.717, 1.165) is 22.6 Å². The average molecular weight is 856 g/mol. The van der Waals surface area contributed by atoms with E-state index in [0.29, 0.717) is 0 Å². The van der Waals surface area contributed by atoms with Crippen LogP contribution < -0.4 is 4.90 Å². The van der Waals surface area contributed by atoms with Gasteiger partial charge in [0.05, 0.1) is 5.69 Å².